The molecule has 1 aromatic heterocycles. The monoisotopic (exact) mass is 266 g/mol. The third-order valence-electron chi connectivity index (χ3n) is 3.01. The smallest absolute Gasteiger partial charge is 0.319 e. The molecule has 2 N–H and O–H groups in total. The van der Waals surface area contributed by atoms with Crippen LogP contribution >= 0.6 is 0 Å². The summed E-state index contributed by atoms with van der Waals surface area (Å²) in [6.07, 6.45) is 1.58. The number of fused-ring (bicyclic) bond motifs is 1. The lowest BCUT2D eigenvalue weighted by molar-refractivity contribution is 0.251. The first-order valence-electron chi connectivity index (χ1n) is 6.37. The van der Waals surface area contributed by atoms with Gasteiger partial charge in [0, 0.05) is 5.69 Å². The minimum atomic E-state index is -0.253. The van der Waals surface area contributed by atoms with Crippen LogP contribution in [-0.4, -0.2) is 6.03 Å². The van der Waals surface area contributed by atoms with Gasteiger partial charge in [-0.1, -0.05) is 30.3 Å². The van der Waals surface area contributed by atoms with Gasteiger partial charge < -0.3 is 15.1 Å². The van der Waals surface area contributed by atoms with Crippen LogP contribution in [0.4, 0.5) is 10.5 Å². The molecule has 0 bridgehead atoms. The molecule has 0 unspecified atom stereocenters. The number of rotatable bonds is 3. The van der Waals surface area contributed by atoms with Crippen molar-refractivity contribution in [1.29, 1.82) is 0 Å². The summed E-state index contributed by atoms with van der Waals surface area (Å²) in [4.78, 5) is 11.8. The fraction of sp³-hybridized carbons (Fsp3) is 0.0625. The van der Waals surface area contributed by atoms with Gasteiger partial charge in [0.2, 0.25) is 0 Å². The van der Waals surface area contributed by atoms with Crippen LogP contribution in [-0.2, 0) is 6.54 Å². The molecule has 0 saturated carbocycles. The van der Waals surface area contributed by atoms with Gasteiger partial charge in [-0.3, -0.25) is 0 Å². The molecule has 0 aliphatic rings. The normalized spacial score (nSPS) is 10.4. The summed E-state index contributed by atoms with van der Waals surface area (Å²) in [5, 5.41) is 7.78. The van der Waals surface area contributed by atoms with Crippen LogP contribution in [0, 0.1) is 0 Å². The molecular weight excluding hydrogens is 252 g/mol. The Labute approximate surface area is 116 Å². The van der Waals surface area contributed by atoms with E-state index in [0.717, 1.165) is 22.2 Å². The summed E-state index contributed by atoms with van der Waals surface area (Å²) in [6, 6.07) is 17.2. The first-order valence-corrected chi connectivity index (χ1v) is 6.37. The van der Waals surface area contributed by atoms with E-state index in [-0.39, 0.29) is 6.03 Å². The predicted octanol–water partition coefficient (Wildman–Crippen LogP) is 3.75. The second-order valence-electron chi connectivity index (χ2n) is 4.45. The number of anilines is 1. The van der Waals surface area contributed by atoms with Crippen molar-refractivity contribution in [3.05, 3.63) is 66.6 Å². The number of benzene rings is 2. The fourth-order valence-electron chi connectivity index (χ4n) is 2.02. The van der Waals surface area contributed by atoms with Crippen LogP contribution in [0.2, 0.25) is 0 Å². The maximum atomic E-state index is 11.8. The average Bonchev–Trinajstić information content (AvgIpc) is 2.98. The Kier molecular flexibility index (Phi) is 3.37. The van der Waals surface area contributed by atoms with Gasteiger partial charge in [0.1, 0.15) is 5.76 Å². The molecule has 20 heavy (non-hydrogen) atoms. The molecule has 3 aromatic rings. The molecule has 2 amide bonds. The lowest BCUT2D eigenvalue weighted by atomic mass is 10.1. The third kappa shape index (κ3) is 2.80. The van der Waals surface area contributed by atoms with Crippen LogP contribution in [0.15, 0.2) is 65.3 Å². The number of nitrogens with one attached hydrogen (secondary N) is 2. The quantitative estimate of drug-likeness (QED) is 0.758. The van der Waals surface area contributed by atoms with E-state index in [2.05, 4.69) is 10.6 Å². The molecule has 4 heteroatoms. The van der Waals surface area contributed by atoms with E-state index in [1.165, 1.54) is 0 Å². The second-order valence-corrected chi connectivity index (χ2v) is 4.45. The Bertz CT molecular complexity index is 720. The van der Waals surface area contributed by atoms with Crippen LogP contribution in [0.3, 0.4) is 0 Å². The molecule has 0 radical (unpaired) electrons. The molecule has 0 fully saturated rings. The molecular formula is C16H14N2O2. The Hall–Kier alpha value is -2.75. The highest BCUT2D eigenvalue weighted by molar-refractivity contribution is 5.93. The van der Waals surface area contributed by atoms with E-state index in [1.54, 1.807) is 12.3 Å². The molecule has 0 spiro atoms. The maximum Gasteiger partial charge on any atom is 0.319 e. The van der Waals surface area contributed by atoms with Crippen LogP contribution < -0.4 is 10.6 Å². The maximum absolute atomic E-state index is 11.8. The lowest BCUT2D eigenvalue weighted by Crippen LogP contribution is -2.27. The molecule has 0 saturated heterocycles. The van der Waals surface area contributed by atoms with Crippen molar-refractivity contribution in [2.24, 2.45) is 0 Å². The third-order valence-corrected chi connectivity index (χ3v) is 3.01. The zero-order valence-corrected chi connectivity index (χ0v) is 10.8. The minimum Gasteiger partial charge on any atom is -0.467 e. The van der Waals surface area contributed by atoms with Gasteiger partial charge >= 0.3 is 6.03 Å². The van der Waals surface area contributed by atoms with Crippen molar-refractivity contribution in [2.75, 3.05) is 5.32 Å². The summed E-state index contributed by atoms with van der Waals surface area (Å²) in [5.74, 6) is 0.721. The molecule has 0 aliphatic heterocycles. The lowest BCUT2D eigenvalue weighted by Gasteiger charge is -2.07. The number of carbonyl (C=O) groups excluding carboxylic acids is 1. The van der Waals surface area contributed by atoms with Crippen molar-refractivity contribution in [1.82, 2.24) is 5.32 Å². The first kappa shape index (κ1) is 12.3. The predicted molar refractivity (Wildman–Crippen MR) is 78.5 cm³/mol. The average molecular weight is 266 g/mol. The second kappa shape index (κ2) is 5.48. The Balaban J connectivity index is 1.65. The largest absolute Gasteiger partial charge is 0.467 e. The zero-order valence-electron chi connectivity index (χ0n) is 10.8. The van der Waals surface area contributed by atoms with Gasteiger partial charge in [-0.15, -0.1) is 0 Å². The van der Waals surface area contributed by atoms with Gasteiger partial charge in [0.25, 0.3) is 0 Å². The van der Waals surface area contributed by atoms with Crippen molar-refractivity contribution in [3.63, 3.8) is 0 Å². The van der Waals surface area contributed by atoms with Crippen LogP contribution in [0.1, 0.15) is 5.76 Å². The topological polar surface area (TPSA) is 54.3 Å². The van der Waals surface area contributed by atoms with E-state index in [1.807, 2.05) is 48.5 Å². The van der Waals surface area contributed by atoms with E-state index in [9.17, 15) is 4.79 Å². The van der Waals surface area contributed by atoms with Crippen LogP contribution in [0.5, 0.6) is 0 Å². The highest BCUT2D eigenvalue weighted by Gasteiger charge is 2.03. The summed E-state index contributed by atoms with van der Waals surface area (Å²) in [7, 11) is 0. The highest BCUT2D eigenvalue weighted by Crippen LogP contribution is 2.18. The summed E-state index contributed by atoms with van der Waals surface area (Å²) < 4.78 is 5.15. The Morgan fingerprint density at radius 2 is 1.85 bits per heavy atom. The molecule has 100 valence electrons. The number of furan rings is 1. The molecule has 0 aliphatic carbocycles. The molecule has 0 atom stereocenters. The van der Waals surface area contributed by atoms with E-state index in [0.29, 0.717) is 6.54 Å². The summed E-state index contributed by atoms with van der Waals surface area (Å²) in [6.45, 7) is 0.367. The first-order chi connectivity index (χ1) is 9.81. The SMILES string of the molecule is O=C(NCc1ccco1)Nc1ccc2ccccc2c1. The van der Waals surface area contributed by atoms with Crippen molar-refractivity contribution < 1.29 is 9.21 Å². The summed E-state index contributed by atoms with van der Waals surface area (Å²) >= 11 is 0. The van der Waals surface area contributed by atoms with E-state index in [4.69, 9.17) is 4.42 Å². The van der Waals surface area contributed by atoms with E-state index < -0.39 is 0 Å². The number of hydrogen-bond donors (Lipinski definition) is 2. The Morgan fingerprint density at radius 1 is 1.00 bits per heavy atom. The molecule has 1 heterocycles. The van der Waals surface area contributed by atoms with Gasteiger partial charge in [0.15, 0.2) is 0 Å². The Morgan fingerprint density at radius 3 is 2.65 bits per heavy atom. The number of hydrogen-bond acceptors (Lipinski definition) is 2. The molecule has 3 rings (SSSR count). The fourth-order valence-corrected chi connectivity index (χ4v) is 2.02. The minimum absolute atomic E-state index is 0.253. The number of carbonyl (C=O) groups is 1. The van der Waals surface area contributed by atoms with Crippen molar-refractivity contribution in [2.45, 2.75) is 6.54 Å². The standard InChI is InChI=1S/C16H14N2O2/c19-16(17-11-15-6-3-9-20-15)18-14-8-7-12-4-1-2-5-13(12)10-14/h1-10H,11H2,(H2,17,18,19). The van der Waals surface area contributed by atoms with Crippen LogP contribution in [0.25, 0.3) is 10.8 Å². The summed E-state index contributed by atoms with van der Waals surface area (Å²) in [5.41, 5.74) is 0.764. The number of urea groups is 1. The van der Waals surface area contributed by atoms with Gasteiger partial charge in [-0.05, 0) is 35.0 Å². The van der Waals surface area contributed by atoms with Crippen molar-refractivity contribution in [3.8, 4) is 0 Å². The van der Waals surface area contributed by atoms with Gasteiger partial charge in [-0.25, -0.2) is 4.79 Å². The van der Waals surface area contributed by atoms with Crippen molar-refractivity contribution >= 4 is 22.5 Å². The highest BCUT2D eigenvalue weighted by atomic mass is 16.3. The zero-order chi connectivity index (χ0) is 13.8. The number of amides is 2. The molecule has 4 nitrogen and oxygen atoms in total. The van der Waals surface area contributed by atoms with E-state index >= 15 is 0 Å². The van der Waals surface area contributed by atoms with Gasteiger partial charge in [0.05, 0.1) is 12.8 Å². The van der Waals surface area contributed by atoms with Gasteiger partial charge in [-0.2, -0.15) is 0 Å². The molecule has 2 aromatic carbocycles.